The van der Waals surface area contributed by atoms with E-state index >= 15 is 0 Å². The first-order valence-corrected chi connectivity index (χ1v) is 22.1. The predicted molar refractivity (Wildman–Crippen MR) is 217 cm³/mol. The summed E-state index contributed by atoms with van der Waals surface area (Å²) in [6.07, 6.45) is 7.26. The molecule has 2 aromatic rings. The minimum Gasteiger partial charge on any atom is -0.472 e. The smallest absolute Gasteiger partial charge is 0.408 e. The molecule has 1 aromatic carbocycles. The third-order valence-corrected chi connectivity index (χ3v) is 14.5. The molecule has 3 N–H and O–H groups in total. The average molecular weight is 823 g/mol. The Morgan fingerprint density at radius 1 is 1.05 bits per heavy atom. The number of ether oxygens (including phenoxy) is 3. The molecule has 2 saturated heterocycles. The maximum Gasteiger partial charge on any atom is 0.408 e. The molecule has 2 aliphatic carbocycles. The van der Waals surface area contributed by atoms with Crippen LogP contribution < -0.4 is 25.0 Å². The summed E-state index contributed by atoms with van der Waals surface area (Å²) in [5, 5.41) is 7.47. The molecule has 7 rings (SSSR count). The Hall–Kier alpha value is -4.44. The largest absolute Gasteiger partial charge is 0.472 e. The Labute approximate surface area is 341 Å². The van der Waals surface area contributed by atoms with Gasteiger partial charge in [-0.2, -0.15) is 0 Å². The minimum atomic E-state index is -4.00. The number of carbonyl (C=O) groups excluding carboxylic acids is 4. The van der Waals surface area contributed by atoms with Crippen molar-refractivity contribution in [2.75, 3.05) is 37.7 Å². The summed E-state index contributed by atoms with van der Waals surface area (Å²) in [6.45, 7) is 13.5. The summed E-state index contributed by atoms with van der Waals surface area (Å²) in [5.74, 6) is -2.18. The molecule has 4 amide bonds. The highest BCUT2D eigenvalue weighted by Crippen LogP contribution is 2.48. The molecule has 0 bridgehead atoms. The number of rotatable bonds is 7. The second-order valence-electron chi connectivity index (χ2n) is 18.2. The predicted octanol–water partition coefficient (Wildman–Crippen LogP) is 4.20. The fourth-order valence-electron chi connectivity index (χ4n) is 8.53. The van der Waals surface area contributed by atoms with Gasteiger partial charge in [-0.15, -0.1) is 0 Å². The van der Waals surface area contributed by atoms with Gasteiger partial charge >= 0.3 is 6.09 Å². The van der Waals surface area contributed by atoms with Crippen LogP contribution in [0.2, 0.25) is 0 Å². The second kappa shape index (κ2) is 16.0. The number of anilines is 1. The van der Waals surface area contributed by atoms with Gasteiger partial charge in [0.15, 0.2) is 0 Å². The molecule has 16 heteroatoms. The summed E-state index contributed by atoms with van der Waals surface area (Å²) >= 11 is 0. The molecular weight excluding hydrogens is 765 g/mol. The molecule has 15 nitrogen and oxygen atoms in total. The SMILES string of the molecule is CC1CCC=CC2CC2(C(=O)NS(=O)(=O)C2(C)CC2)NC(=O)C2CC(Oc3nccc4c(N5CCOCC5)cccc34)CN2C(=O)C(NC(=O)OC(C)(C)C)C(C)C1. The number of hydrogen-bond donors (Lipinski definition) is 3. The molecule has 2 saturated carbocycles. The first kappa shape index (κ1) is 41.7. The van der Waals surface area contributed by atoms with Gasteiger partial charge in [-0.05, 0) is 96.3 Å². The number of fused-ring (bicyclic) bond motifs is 3. The summed E-state index contributed by atoms with van der Waals surface area (Å²) in [5.41, 5.74) is -1.33. The lowest BCUT2D eigenvalue weighted by Gasteiger charge is -2.33. The molecule has 4 heterocycles. The number of nitrogens with zero attached hydrogens (tertiary/aromatic N) is 3. The van der Waals surface area contributed by atoms with Crippen LogP contribution in [0.15, 0.2) is 42.6 Å². The molecule has 316 valence electrons. The molecule has 1 aromatic heterocycles. The van der Waals surface area contributed by atoms with Crippen LogP contribution in [-0.2, 0) is 33.9 Å². The van der Waals surface area contributed by atoms with Crippen LogP contribution in [-0.4, -0.2) is 109 Å². The van der Waals surface area contributed by atoms with Crippen molar-refractivity contribution in [3.05, 3.63) is 42.6 Å². The van der Waals surface area contributed by atoms with E-state index in [0.29, 0.717) is 44.8 Å². The molecule has 3 aliphatic heterocycles. The lowest BCUT2D eigenvalue weighted by Crippen LogP contribution is -2.59. The molecule has 0 spiro atoms. The maximum absolute atomic E-state index is 14.9. The monoisotopic (exact) mass is 822 g/mol. The number of carbonyl (C=O) groups is 4. The Kier molecular flexibility index (Phi) is 11.5. The number of alkyl carbamates (subject to hydrolysis) is 1. The van der Waals surface area contributed by atoms with E-state index in [2.05, 4.69) is 38.2 Å². The number of pyridine rings is 1. The van der Waals surface area contributed by atoms with E-state index in [1.165, 1.54) is 4.90 Å². The fraction of sp³-hybridized carbons (Fsp3) is 0.643. The van der Waals surface area contributed by atoms with Gasteiger partial charge in [-0.1, -0.05) is 32.1 Å². The van der Waals surface area contributed by atoms with E-state index in [9.17, 15) is 27.6 Å². The standard InChI is InChI=1S/C42H58N6O9S/c1-26-10-7-8-11-28-24-42(28,38(51)46-58(53,54)41(6)15-16-41)45-35(49)33-23-29(25-48(33)37(50)34(27(2)22-26)44-39(52)57-40(3,4)5)56-36-31-12-9-13-32(30(31)14-17-43-36)47-18-20-55-21-19-47/h8-9,11-14,17,26-29,33-34H,7,10,15-16,18-25H2,1-6H3,(H,44,52)(H,45,49)(H,46,51). The number of sulfonamides is 1. The molecular formula is C42H58N6O9S. The van der Waals surface area contributed by atoms with Crippen LogP contribution in [0.25, 0.3) is 10.8 Å². The van der Waals surface area contributed by atoms with Crippen molar-refractivity contribution >= 4 is 50.3 Å². The summed E-state index contributed by atoms with van der Waals surface area (Å²) in [4.78, 5) is 65.0. The van der Waals surface area contributed by atoms with Crippen LogP contribution in [0.1, 0.15) is 86.5 Å². The van der Waals surface area contributed by atoms with Crippen molar-refractivity contribution in [2.24, 2.45) is 17.8 Å². The van der Waals surface area contributed by atoms with Gasteiger partial charge in [0.05, 0.1) is 24.5 Å². The van der Waals surface area contributed by atoms with Gasteiger partial charge in [0.1, 0.15) is 29.3 Å². The molecule has 0 radical (unpaired) electrons. The highest BCUT2D eigenvalue weighted by molar-refractivity contribution is 7.91. The van der Waals surface area contributed by atoms with E-state index in [0.717, 1.165) is 36.0 Å². The van der Waals surface area contributed by atoms with Crippen LogP contribution in [0.4, 0.5) is 10.5 Å². The van der Waals surface area contributed by atoms with Crippen LogP contribution >= 0.6 is 0 Å². The van der Waals surface area contributed by atoms with Crippen LogP contribution in [0.5, 0.6) is 5.88 Å². The maximum atomic E-state index is 14.9. The number of morpholine rings is 1. The summed E-state index contributed by atoms with van der Waals surface area (Å²) in [6, 6.07) is 5.69. The third kappa shape index (κ3) is 8.77. The van der Waals surface area contributed by atoms with E-state index in [4.69, 9.17) is 14.2 Å². The van der Waals surface area contributed by atoms with Gasteiger partial charge in [-0.3, -0.25) is 19.1 Å². The van der Waals surface area contributed by atoms with E-state index in [-0.39, 0.29) is 31.2 Å². The number of amides is 4. The van der Waals surface area contributed by atoms with Gasteiger partial charge in [0, 0.05) is 48.1 Å². The Balaban J connectivity index is 1.22. The average Bonchev–Trinajstić information content (AvgIpc) is 4.05. The number of nitrogens with one attached hydrogen (secondary N) is 3. The molecule has 4 fully saturated rings. The van der Waals surface area contributed by atoms with Gasteiger partial charge in [0.25, 0.3) is 5.91 Å². The van der Waals surface area contributed by atoms with Gasteiger partial charge < -0.3 is 34.6 Å². The highest BCUT2D eigenvalue weighted by atomic mass is 32.2. The Morgan fingerprint density at radius 3 is 2.50 bits per heavy atom. The van der Waals surface area contributed by atoms with Crippen molar-refractivity contribution in [2.45, 2.75) is 121 Å². The Morgan fingerprint density at radius 2 is 1.79 bits per heavy atom. The van der Waals surface area contributed by atoms with Crippen molar-refractivity contribution < 1.29 is 41.8 Å². The normalized spacial score (nSPS) is 30.2. The first-order valence-electron chi connectivity index (χ1n) is 20.6. The number of hydrogen-bond acceptors (Lipinski definition) is 11. The van der Waals surface area contributed by atoms with E-state index < -0.39 is 73.8 Å². The lowest BCUT2D eigenvalue weighted by molar-refractivity contribution is -0.142. The lowest BCUT2D eigenvalue weighted by atomic mass is 9.88. The van der Waals surface area contributed by atoms with Crippen molar-refractivity contribution in [1.29, 1.82) is 0 Å². The quantitative estimate of drug-likeness (QED) is 0.340. The molecule has 58 heavy (non-hydrogen) atoms. The summed E-state index contributed by atoms with van der Waals surface area (Å²) in [7, 11) is -4.00. The van der Waals surface area contributed by atoms with E-state index in [1.54, 1.807) is 33.9 Å². The third-order valence-electron chi connectivity index (χ3n) is 12.3. The Bertz CT molecular complexity index is 2060. The summed E-state index contributed by atoms with van der Waals surface area (Å²) < 4.78 is 45.5. The highest BCUT2D eigenvalue weighted by Gasteiger charge is 2.63. The van der Waals surface area contributed by atoms with Crippen molar-refractivity contribution in [3.63, 3.8) is 0 Å². The fourth-order valence-corrected chi connectivity index (χ4v) is 9.84. The zero-order chi connectivity index (χ0) is 41.6. The number of benzene rings is 1. The zero-order valence-electron chi connectivity index (χ0n) is 34.4. The van der Waals surface area contributed by atoms with Crippen molar-refractivity contribution in [3.8, 4) is 5.88 Å². The van der Waals surface area contributed by atoms with Crippen molar-refractivity contribution in [1.82, 2.24) is 25.2 Å². The number of aromatic nitrogens is 1. The second-order valence-corrected chi connectivity index (χ2v) is 20.4. The molecule has 7 atom stereocenters. The number of allylic oxidation sites excluding steroid dienone is 1. The van der Waals surface area contributed by atoms with Crippen LogP contribution in [0, 0.1) is 17.8 Å². The van der Waals surface area contributed by atoms with Crippen LogP contribution in [0.3, 0.4) is 0 Å². The topological polar surface area (TPSA) is 186 Å². The van der Waals surface area contributed by atoms with Gasteiger partial charge in [-0.25, -0.2) is 18.2 Å². The van der Waals surface area contributed by atoms with E-state index in [1.807, 2.05) is 37.3 Å². The molecule has 7 unspecified atom stereocenters. The molecule has 5 aliphatic rings. The van der Waals surface area contributed by atoms with Gasteiger partial charge in [0.2, 0.25) is 27.7 Å². The minimum absolute atomic E-state index is 0.0117. The zero-order valence-corrected chi connectivity index (χ0v) is 35.2. The first-order chi connectivity index (χ1) is 27.4.